The second kappa shape index (κ2) is 6.95. The number of aromatic nitrogens is 5. The molecule has 0 radical (unpaired) electrons. The molecule has 3 atom stereocenters. The van der Waals surface area contributed by atoms with Crippen molar-refractivity contribution in [1.29, 1.82) is 0 Å². The molecule has 3 aromatic heterocycles. The Balaban J connectivity index is 1.30. The van der Waals surface area contributed by atoms with Gasteiger partial charge in [0.25, 0.3) is 0 Å². The Kier molecular flexibility index (Phi) is 4.09. The zero-order valence-corrected chi connectivity index (χ0v) is 17.0. The van der Waals surface area contributed by atoms with Crippen LogP contribution in [0.3, 0.4) is 0 Å². The molecule has 4 aromatic rings. The summed E-state index contributed by atoms with van der Waals surface area (Å²) in [5.41, 5.74) is 4.02. The normalized spacial score (nSPS) is 23.2. The molecule has 2 aliphatic heterocycles. The van der Waals surface area contributed by atoms with Gasteiger partial charge in [-0.15, -0.1) is 10.2 Å². The van der Waals surface area contributed by atoms with Gasteiger partial charge in [-0.05, 0) is 62.1 Å². The maximum absolute atomic E-state index is 4.59. The van der Waals surface area contributed by atoms with Gasteiger partial charge in [0.1, 0.15) is 0 Å². The van der Waals surface area contributed by atoms with Crippen LogP contribution in [-0.4, -0.2) is 50.1 Å². The molecule has 5 heterocycles. The van der Waals surface area contributed by atoms with Crippen molar-refractivity contribution in [3.63, 3.8) is 0 Å². The highest BCUT2D eigenvalue weighted by atomic mass is 15.3. The van der Waals surface area contributed by atoms with E-state index in [1.165, 1.54) is 25.7 Å². The lowest BCUT2D eigenvalue weighted by Crippen LogP contribution is -2.47. The Hall–Kier alpha value is -3.19. The van der Waals surface area contributed by atoms with Crippen molar-refractivity contribution in [1.82, 2.24) is 30.3 Å². The number of hydrogen-bond acceptors (Lipinski definition) is 5. The van der Waals surface area contributed by atoms with Crippen molar-refractivity contribution in [2.75, 3.05) is 11.9 Å². The molecule has 30 heavy (non-hydrogen) atoms. The van der Waals surface area contributed by atoms with Gasteiger partial charge < -0.3 is 15.2 Å². The van der Waals surface area contributed by atoms with Crippen LogP contribution in [0.25, 0.3) is 27.8 Å². The third kappa shape index (κ3) is 2.89. The van der Waals surface area contributed by atoms with Crippen molar-refractivity contribution < 1.29 is 0 Å². The number of fused-ring (bicyclic) bond motifs is 3. The topological polar surface area (TPSA) is 74.7 Å². The van der Waals surface area contributed by atoms with Gasteiger partial charge in [-0.1, -0.05) is 0 Å². The summed E-state index contributed by atoms with van der Waals surface area (Å²) < 4.78 is 1.88. The van der Waals surface area contributed by atoms with Crippen LogP contribution < -0.4 is 10.2 Å². The lowest BCUT2D eigenvalue weighted by molar-refractivity contribution is 0.353. The third-order valence-corrected chi connectivity index (χ3v) is 6.74. The number of anilines is 1. The molecule has 0 spiro atoms. The quantitative estimate of drug-likeness (QED) is 0.549. The number of aromatic amines is 1. The summed E-state index contributed by atoms with van der Waals surface area (Å²) in [7, 11) is 2.15. The van der Waals surface area contributed by atoms with E-state index in [1.807, 2.05) is 23.1 Å². The molecule has 6 rings (SSSR count). The summed E-state index contributed by atoms with van der Waals surface area (Å²) in [4.78, 5) is 5.68. The van der Waals surface area contributed by atoms with Crippen LogP contribution in [0.2, 0.25) is 0 Å². The van der Waals surface area contributed by atoms with E-state index < -0.39 is 0 Å². The average molecular weight is 400 g/mol. The van der Waals surface area contributed by atoms with Gasteiger partial charge in [0.15, 0.2) is 5.82 Å². The number of H-pyrrole nitrogens is 1. The zero-order chi connectivity index (χ0) is 20.1. The molecule has 0 unspecified atom stereocenters. The summed E-state index contributed by atoms with van der Waals surface area (Å²) in [5, 5.41) is 18.4. The minimum Gasteiger partial charge on any atom is -0.361 e. The highest BCUT2D eigenvalue weighted by Crippen LogP contribution is 2.33. The van der Waals surface area contributed by atoms with Crippen molar-refractivity contribution >= 4 is 16.7 Å². The van der Waals surface area contributed by atoms with E-state index in [0.29, 0.717) is 18.1 Å². The molecule has 1 aromatic carbocycles. The van der Waals surface area contributed by atoms with E-state index in [2.05, 4.69) is 67.9 Å². The van der Waals surface area contributed by atoms with E-state index in [4.69, 9.17) is 0 Å². The molecule has 0 saturated carbocycles. The van der Waals surface area contributed by atoms with E-state index in [0.717, 1.165) is 33.7 Å². The summed E-state index contributed by atoms with van der Waals surface area (Å²) in [6.07, 6.45) is 10.7. The molecule has 2 bridgehead atoms. The smallest absolute Gasteiger partial charge is 0.151 e. The summed E-state index contributed by atoms with van der Waals surface area (Å²) >= 11 is 0. The van der Waals surface area contributed by atoms with Crippen LogP contribution >= 0.6 is 0 Å². The molecule has 7 heteroatoms. The second-order valence-electron chi connectivity index (χ2n) is 8.50. The number of rotatable bonds is 4. The van der Waals surface area contributed by atoms with Crippen molar-refractivity contribution in [2.45, 2.75) is 43.8 Å². The van der Waals surface area contributed by atoms with Gasteiger partial charge in [0.05, 0.1) is 16.9 Å². The highest BCUT2D eigenvalue weighted by molar-refractivity contribution is 5.98. The van der Waals surface area contributed by atoms with Gasteiger partial charge in [-0.3, -0.25) is 0 Å². The second-order valence-corrected chi connectivity index (χ2v) is 8.50. The maximum atomic E-state index is 4.59. The van der Waals surface area contributed by atoms with Crippen molar-refractivity contribution in [3.8, 4) is 16.9 Å². The predicted octanol–water partition coefficient (Wildman–Crippen LogP) is 3.53. The van der Waals surface area contributed by atoms with E-state index in [9.17, 15) is 0 Å². The Labute approximate surface area is 175 Å². The molecule has 2 saturated heterocycles. The van der Waals surface area contributed by atoms with Crippen LogP contribution in [0.1, 0.15) is 25.7 Å². The van der Waals surface area contributed by atoms with Gasteiger partial charge in [-0.25, -0.2) is 4.68 Å². The molecule has 2 fully saturated rings. The van der Waals surface area contributed by atoms with E-state index in [1.54, 1.807) is 6.20 Å². The van der Waals surface area contributed by atoms with Gasteiger partial charge in [-0.2, -0.15) is 5.10 Å². The summed E-state index contributed by atoms with van der Waals surface area (Å²) in [6, 6.07) is 14.2. The molecular formula is C23H25N7. The van der Waals surface area contributed by atoms with E-state index >= 15 is 0 Å². The predicted molar refractivity (Wildman–Crippen MR) is 118 cm³/mol. The molecule has 2 aliphatic rings. The standard InChI is InChI=1S/C23H25N7/c1-29(17-13-15-3-4-16(14-17)26-15)22-8-6-20(27-28-22)18-5-7-21(30-12-2-10-25-30)19-9-11-24-23(18)19/h2,5-12,15-17,24,26H,3-4,13-14H2,1H3/t15-,16+,17-. The van der Waals surface area contributed by atoms with Crippen molar-refractivity contribution in [3.05, 3.63) is 55.0 Å². The zero-order valence-electron chi connectivity index (χ0n) is 17.0. The van der Waals surface area contributed by atoms with Crippen LogP contribution in [0.5, 0.6) is 0 Å². The number of nitrogens with one attached hydrogen (secondary N) is 2. The van der Waals surface area contributed by atoms with Crippen LogP contribution in [0.4, 0.5) is 5.82 Å². The minimum atomic E-state index is 0.535. The average Bonchev–Trinajstić information content (AvgIpc) is 3.54. The maximum Gasteiger partial charge on any atom is 0.151 e. The van der Waals surface area contributed by atoms with Crippen LogP contribution in [0, 0.1) is 0 Å². The van der Waals surface area contributed by atoms with Crippen molar-refractivity contribution in [2.24, 2.45) is 0 Å². The fourth-order valence-corrected chi connectivity index (χ4v) is 5.15. The third-order valence-electron chi connectivity index (χ3n) is 6.74. The number of hydrogen-bond donors (Lipinski definition) is 2. The van der Waals surface area contributed by atoms with Crippen LogP contribution in [0.15, 0.2) is 55.0 Å². The van der Waals surface area contributed by atoms with E-state index in [-0.39, 0.29) is 0 Å². The van der Waals surface area contributed by atoms with Gasteiger partial charge in [0.2, 0.25) is 0 Å². The van der Waals surface area contributed by atoms with Gasteiger partial charge in [0, 0.05) is 54.7 Å². The number of benzene rings is 1. The molecular weight excluding hydrogens is 374 g/mol. The summed E-state index contributed by atoms with van der Waals surface area (Å²) in [5.74, 6) is 0.945. The van der Waals surface area contributed by atoms with Crippen LogP contribution in [-0.2, 0) is 0 Å². The lowest BCUT2D eigenvalue weighted by atomic mass is 9.98. The molecule has 2 N–H and O–H groups in total. The molecule has 0 amide bonds. The Morgan fingerprint density at radius 3 is 2.63 bits per heavy atom. The molecule has 7 nitrogen and oxygen atoms in total. The largest absolute Gasteiger partial charge is 0.361 e. The summed E-state index contributed by atoms with van der Waals surface area (Å²) in [6.45, 7) is 0. The number of piperidine rings is 1. The Bertz CT molecular complexity index is 1150. The first kappa shape index (κ1) is 17.7. The fraction of sp³-hybridized carbons (Fsp3) is 0.348. The fourth-order valence-electron chi connectivity index (χ4n) is 5.15. The first-order valence-electron chi connectivity index (χ1n) is 10.7. The molecule has 152 valence electrons. The first-order chi connectivity index (χ1) is 14.8. The first-order valence-corrected chi connectivity index (χ1v) is 10.7. The minimum absolute atomic E-state index is 0.535. The SMILES string of the molecule is CN(c1ccc(-c2ccc(-n3cccn3)c3cc[nH]c23)nn1)[C@@H]1C[C@H]2CC[C@@H](C1)N2. The molecule has 0 aliphatic carbocycles. The monoisotopic (exact) mass is 399 g/mol. The highest BCUT2D eigenvalue weighted by Gasteiger charge is 2.35. The van der Waals surface area contributed by atoms with Gasteiger partial charge >= 0.3 is 0 Å². The Morgan fingerprint density at radius 2 is 1.90 bits per heavy atom. The number of nitrogens with zero attached hydrogens (tertiary/aromatic N) is 5. The Morgan fingerprint density at radius 1 is 1.03 bits per heavy atom. The lowest BCUT2D eigenvalue weighted by Gasteiger charge is -2.36.